The average molecular weight is 253 g/mol. The highest BCUT2D eigenvalue weighted by molar-refractivity contribution is 8.23. The van der Waals surface area contributed by atoms with Crippen LogP contribution >= 0.6 is 24.0 Å². The summed E-state index contributed by atoms with van der Waals surface area (Å²) >= 11 is 6.81. The largest absolute Gasteiger partial charge is 0.497 e. The first-order valence-corrected chi connectivity index (χ1v) is 6.34. The molecule has 0 bridgehead atoms. The van der Waals surface area contributed by atoms with Crippen molar-refractivity contribution in [3.8, 4) is 5.75 Å². The molecule has 1 rings (SSSR count). The van der Waals surface area contributed by atoms with Crippen molar-refractivity contribution in [1.82, 2.24) is 0 Å². The number of allylic oxidation sites excluding steroid dienone is 1. The van der Waals surface area contributed by atoms with E-state index in [1.165, 1.54) is 0 Å². The van der Waals surface area contributed by atoms with Gasteiger partial charge in [0.05, 0.1) is 7.11 Å². The summed E-state index contributed by atoms with van der Waals surface area (Å²) in [6.45, 7) is 2.00. The predicted octanol–water partition coefficient (Wildman–Crippen LogP) is 3.70. The Morgan fingerprint density at radius 1 is 1.44 bits per heavy atom. The molecule has 86 valence electrons. The van der Waals surface area contributed by atoms with Crippen LogP contribution in [0.5, 0.6) is 5.75 Å². The second-order valence-electron chi connectivity index (χ2n) is 3.02. The number of ether oxygens (including phenoxy) is 1. The first-order valence-electron chi connectivity index (χ1n) is 4.95. The van der Waals surface area contributed by atoms with Crippen LogP contribution in [0, 0.1) is 0 Å². The van der Waals surface area contributed by atoms with Gasteiger partial charge in [0.2, 0.25) is 0 Å². The lowest BCUT2D eigenvalue weighted by Crippen LogP contribution is -2.04. The van der Waals surface area contributed by atoms with Crippen LogP contribution in [-0.2, 0) is 0 Å². The molecular weight excluding hydrogens is 238 g/mol. The van der Waals surface area contributed by atoms with Gasteiger partial charge >= 0.3 is 0 Å². The fourth-order valence-electron chi connectivity index (χ4n) is 1.05. The third-order valence-electron chi connectivity index (χ3n) is 1.88. The van der Waals surface area contributed by atoms with Crippen molar-refractivity contribution >= 4 is 34.0 Å². The third kappa shape index (κ3) is 4.68. The molecule has 1 aromatic carbocycles. The van der Waals surface area contributed by atoms with Crippen molar-refractivity contribution < 1.29 is 4.74 Å². The minimum Gasteiger partial charge on any atom is -0.497 e. The molecule has 0 unspecified atom stereocenters. The molecule has 0 fully saturated rings. The first kappa shape index (κ1) is 13.1. The molecule has 0 atom stereocenters. The summed E-state index contributed by atoms with van der Waals surface area (Å²) in [7, 11) is 1.65. The number of hydrogen-bond donors (Lipinski definition) is 1. The minimum atomic E-state index is 0.781. The van der Waals surface area contributed by atoms with Gasteiger partial charge in [-0.1, -0.05) is 36.1 Å². The van der Waals surface area contributed by atoms with Crippen molar-refractivity contribution in [2.24, 2.45) is 0 Å². The van der Waals surface area contributed by atoms with Crippen LogP contribution in [0.2, 0.25) is 0 Å². The van der Waals surface area contributed by atoms with E-state index in [-0.39, 0.29) is 0 Å². The SMILES string of the molecule is C/C=C/CSC(=S)Nc1ccc(OC)cc1. The van der Waals surface area contributed by atoms with Gasteiger partial charge in [0.1, 0.15) is 10.1 Å². The number of methoxy groups -OCH3 is 1. The quantitative estimate of drug-likeness (QED) is 0.652. The van der Waals surface area contributed by atoms with Crippen LogP contribution in [0.25, 0.3) is 0 Å². The van der Waals surface area contributed by atoms with Crippen molar-refractivity contribution in [3.05, 3.63) is 36.4 Å². The summed E-state index contributed by atoms with van der Waals surface area (Å²) in [6, 6.07) is 7.70. The Balaban J connectivity index is 2.43. The topological polar surface area (TPSA) is 21.3 Å². The summed E-state index contributed by atoms with van der Waals surface area (Å²) in [4.78, 5) is 0. The minimum absolute atomic E-state index is 0.781. The van der Waals surface area contributed by atoms with Crippen LogP contribution in [0.15, 0.2) is 36.4 Å². The average Bonchev–Trinajstić information content (AvgIpc) is 2.30. The first-order chi connectivity index (χ1) is 7.76. The summed E-state index contributed by atoms with van der Waals surface area (Å²) in [5.41, 5.74) is 0.985. The Morgan fingerprint density at radius 2 is 2.12 bits per heavy atom. The molecule has 4 heteroatoms. The molecule has 1 aromatic rings. The zero-order valence-electron chi connectivity index (χ0n) is 9.40. The summed E-state index contributed by atoms with van der Waals surface area (Å²) < 4.78 is 5.86. The number of nitrogens with one attached hydrogen (secondary N) is 1. The molecule has 0 aliphatic heterocycles. The number of benzene rings is 1. The summed E-state index contributed by atoms with van der Waals surface area (Å²) in [5, 5.41) is 3.16. The van der Waals surface area contributed by atoms with Gasteiger partial charge in [0.25, 0.3) is 0 Å². The lowest BCUT2D eigenvalue weighted by atomic mass is 10.3. The Morgan fingerprint density at radius 3 is 2.69 bits per heavy atom. The summed E-state index contributed by atoms with van der Waals surface area (Å²) in [6.07, 6.45) is 4.09. The van der Waals surface area contributed by atoms with Crippen LogP contribution in [0.4, 0.5) is 5.69 Å². The van der Waals surface area contributed by atoms with Gasteiger partial charge in [0, 0.05) is 11.4 Å². The van der Waals surface area contributed by atoms with Crippen molar-refractivity contribution in [2.75, 3.05) is 18.2 Å². The lowest BCUT2D eigenvalue weighted by Gasteiger charge is -2.07. The molecule has 16 heavy (non-hydrogen) atoms. The van der Waals surface area contributed by atoms with Gasteiger partial charge in [-0.2, -0.15) is 0 Å². The highest BCUT2D eigenvalue weighted by Crippen LogP contribution is 2.17. The Hall–Kier alpha value is -1.00. The van der Waals surface area contributed by atoms with Crippen molar-refractivity contribution in [1.29, 1.82) is 0 Å². The van der Waals surface area contributed by atoms with Crippen molar-refractivity contribution in [3.63, 3.8) is 0 Å². The zero-order chi connectivity index (χ0) is 11.8. The second-order valence-corrected chi connectivity index (χ2v) is 4.72. The molecule has 1 N–H and O–H groups in total. The van der Waals surface area contributed by atoms with Crippen LogP contribution < -0.4 is 10.1 Å². The Bertz CT molecular complexity index is 360. The van der Waals surface area contributed by atoms with E-state index < -0.39 is 0 Å². The molecule has 0 aromatic heterocycles. The van der Waals surface area contributed by atoms with Crippen LogP contribution in [0.3, 0.4) is 0 Å². The monoisotopic (exact) mass is 253 g/mol. The maximum absolute atomic E-state index is 5.20. The zero-order valence-corrected chi connectivity index (χ0v) is 11.0. The smallest absolute Gasteiger partial charge is 0.138 e. The third-order valence-corrected chi connectivity index (χ3v) is 3.06. The molecule has 0 radical (unpaired) electrons. The van der Waals surface area contributed by atoms with E-state index in [4.69, 9.17) is 17.0 Å². The number of thioether (sulfide) groups is 1. The number of thiocarbonyl (C=S) groups is 1. The number of anilines is 1. The van der Waals surface area contributed by atoms with E-state index in [1.54, 1.807) is 18.9 Å². The molecular formula is C12H15NOS2. The standard InChI is InChI=1S/C12H15NOS2/c1-3-4-9-16-12(15)13-10-5-7-11(14-2)8-6-10/h3-8H,9H2,1-2H3,(H,13,15)/b4-3+. The van der Waals surface area contributed by atoms with Gasteiger partial charge in [-0.15, -0.1) is 0 Å². The lowest BCUT2D eigenvalue weighted by molar-refractivity contribution is 0.415. The van der Waals surface area contributed by atoms with Gasteiger partial charge in [-0.3, -0.25) is 0 Å². The maximum Gasteiger partial charge on any atom is 0.138 e. The molecule has 0 amide bonds. The molecule has 0 aliphatic rings. The molecule has 0 spiro atoms. The number of hydrogen-bond acceptors (Lipinski definition) is 3. The Kier molecular flexibility index (Phi) is 5.96. The second kappa shape index (κ2) is 7.30. The highest BCUT2D eigenvalue weighted by atomic mass is 32.2. The highest BCUT2D eigenvalue weighted by Gasteiger charge is 1.97. The fourth-order valence-corrected chi connectivity index (χ4v) is 2.00. The van der Waals surface area contributed by atoms with E-state index in [0.717, 1.165) is 21.5 Å². The van der Waals surface area contributed by atoms with Gasteiger partial charge in [0.15, 0.2) is 0 Å². The van der Waals surface area contributed by atoms with E-state index in [2.05, 4.69) is 11.4 Å². The molecule has 0 saturated carbocycles. The van der Waals surface area contributed by atoms with Crippen LogP contribution in [0.1, 0.15) is 6.92 Å². The van der Waals surface area contributed by atoms with Crippen molar-refractivity contribution in [2.45, 2.75) is 6.92 Å². The van der Waals surface area contributed by atoms with Gasteiger partial charge in [-0.25, -0.2) is 0 Å². The maximum atomic E-state index is 5.20. The number of rotatable bonds is 4. The van der Waals surface area contributed by atoms with E-state index in [0.29, 0.717) is 0 Å². The molecule has 0 aliphatic carbocycles. The summed E-state index contributed by atoms with van der Waals surface area (Å²) in [5.74, 6) is 1.75. The predicted molar refractivity (Wildman–Crippen MR) is 76.5 cm³/mol. The molecule has 0 saturated heterocycles. The van der Waals surface area contributed by atoms with E-state index >= 15 is 0 Å². The van der Waals surface area contributed by atoms with Gasteiger partial charge < -0.3 is 10.1 Å². The molecule has 2 nitrogen and oxygen atoms in total. The molecule has 0 heterocycles. The van der Waals surface area contributed by atoms with E-state index in [1.807, 2.05) is 37.3 Å². The fraction of sp³-hybridized carbons (Fsp3) is 0.250. The Labute approximate surface area is 106 Å². The van der Waals surface area contributed by atoms with E-state index in [9.17, 15) is 0 Å². The normalized spacial score (nSPS) is 10.4. The van der Waals surface area contributed by atoms with Gasteiger partial charge in [-0.05, 0) is 31.2 Å². The van der Waals surface area contributed by atoms with Crippen LogP contribution in [-0.4, -0.2) is 17.2 Å².